The van der Waals surface area contributed by atoms with Crippen molar-refractivity contribution in [2.45, 2.75) is 31.1 Å². The van der Waals surface area contributed by atoms with E-state index in [1.165, 1.54) is 0 Å². The Kier molecular flexibility index (Phi) is 5.08. The number of nitrogens with zero attached hydrogens (tertiary/aromatic N) is 5. The fourth-order valence-corrected chi connectivity index (χ4v) is 4.12. The molecule has 0 aliphatic carbocycles. The lowest BCUT2D eigenvalue weighted by Gasteiger charge is -2.36. The summed E-state index contributed by atoms with van der Waals surface area (Å²) in [4.78, 5) is 17.9. The molecule has 1 aromatic carbocycles. The van der Waals surface area contributed by atoms with Crippen LogP contribution >= 0.6 is 11.8 Å². The van der Waals surface area contributed by atoms with E-state index < -0.39 is 0 Å². The van der Waals surface area contributed by atoms with Crippen molar-refractivity contribution in [1.82, 2.24) is 24.5 Å². The maximum absolute atomic E-state index is 13.3. The molecule has 2 aromatic heterocycles. The first-order valence-corrected chi connectivity index (χ1v) is 10.3. The number of benzene rings is 1. The predicted molar refractivity (Wildman–Crippen MR) is 109 cm³/mol. The van der Waals surface area contributed by atoms with Gasteiger partial charge in [0.05, 0.1) is 18.2 Å². The van der Waals surface area contributed by atoms with Gasteiger partial charge in [0.25, 0.3) is 0 Å². The van der Waals surface area contributed by atoms with Crippen LogP contribution in [0.15, 0.2) is 47.9 Å². The smallest absolute Gasteiger partial charge is 0.232 e. The van der Waals surface area contributed by atoms with Crippen LogP contribution in [0.1, 0.15) is 25.5 Å². The third kappa shape index (κ3) is 3.49. The molecule has 0 bridgehead atoms. The van der Waals surface area contributed by atoms with Gasteiger partial charge in [0.2, 0.25) is 17.0 Å². The van der Waals surface area contributed by atoms with E-state index in [0.29, 0.717) is 11.1 Å². The molecule has 1 aliphatic rings. The number of hydrogen-bond acceptors (Lipinski definition) is 6. The van der Waals surface area contributed by atoms with Gasteiger partial charge >= 0.3 is 0 Å². The molecule has 1 aliphatic heterocycles. The quantitative estimate of drug-likeness (QED) is 0.644. The molecule has 0 radical (unpaired) electrons. The topological polar surface area (TPSA) is 89.7 Å². The van der Waals surface area contributed by atoms with E-state index in [0.717, 1.165) is 17.0 Å². The molecule has 0 spiro atoms. The van der Waals surface area contributed by atoms with Crippen molar-refractivity contribution in [3.05, 3.63) is 48.3 Å². The van der Waals surface area contributed by atoms with Crippen molar-refractivity contribution in [3.63, 3.8) is 0 Å². The maximum atomic E-state index is 13.3. The lowest BCUT2D eigenvalue weighted by atomic mass is 9.86. The number of hydrogen-bond donors (Lipinski definition) is 2. The zero-order chi connectivity index (χ0) is 19.7. The van der Waals surface area contributed by atoms with Gasteiger partial charge in [-0.05, 0) is 24.8 Å². The summed E-state index contributed by atoms with van der Waals surface area (Å²) in [5, 5.41) is 16.1. The summed E-state index contributed by atoms with van der Waals surface area (Å²) in [6.07, 6.45) is 3.73. The summed E-state index contributed by atoms with van der Waals surface area (Å²) in [6.45, 7) is 4.07. The molecule has 0 saturated heterocycles. The Morgan fingerprint density at radius 2 is 2.11 bits per heavy atom. The number of para-hydroxylation sites is 1. The van der Waals surface area contributed by atoms with Crippen molar-refractivity contribution in [2.75, 3.05) is 16.4 Å². The van der Waals surface area contributed by atoms with Crippen molar-refractivity contribution in [1.29, 1.82) is 0 Å². The normalized spacial score (nSPS) is 21.0. The maximum Gasteiger partial charge on any atom is 0.232 e. The summed E-state index contributed by atoms with van der Waals surface area (Å²) < 4.78 is 3.57. The minimum Gasteiger partial charge on any atom is -0.351 e. The van der Waals surface area contributed by atoms with Gasteiger partial charge in [0.1, 0.15) is 0 Å². The minimum absolute atomic E-state index is 0.0640. The summed E-state index contributed by atoms with van der Waals surface area (Å²) in [7, 11) is 1.87. The molecule has 3 aromatic rings. The first kappa shape index (κ1) is 18.5. The fourth-order valence-electron chi connectivity index (χ4n) is 3.56. The first-order chi connectivity index (χ1) is 13.6. The molecule has 0 unspecified atom stereocenters. The first-order valence-electron chi connectivity index (χ1n) is 9.27. The van der Waals surface area contributed by atoms with Crippen LogP contribution in [0.25, 0.3) is 0 Å². The van der Waals surface area contributed by atoms with Gasteiger partial charge in [-0.2, -0.15) is 10.1 Å². The molecule has 4 rings (SSSR count). The summed E-state index contributed by atoms with van der Waals surface area (Å²) in [6, 6.07) is 9.09. The molecule has 28 heavy (non-hydrogen) atoms. The Bertz CT molecular complexity index is 968. The second-order valence-corrected chi connectivity index (χ2v) is 8.03. The lowest BCUT2D eigenvalue weighted by Crippen LogP contribution is -2.46. The van der Waals surface area contributed by atoms with Crippen LogP contribution in [-0.2, 0) is 11.8 Å². The Morgan fingerprint density at radius 1 is 1.32 bits per heavy atom. The number of carbonyl (C=O) groups excluding carboxylic acids is 1. The van der Waals surface area contributed by atoms with Crippen LogP contribution in [0, 0.1) is 5.92 Å². The number of fused-ring (bicyclic) bond motifs is 1. The number of aryl methyl sites for hydroxylation is 1. The van der Waals surface area contributed by atoms with Crippen molar-refractivity contribution in [3.8, 4) is 0 Å². The summed E-state index contributed by atoms with van der Waals surface area (Å²) in [5.74, 6) is 1.12. The number of thioether (sulfide) groups is 1. The van der Waals surface area contributed by atoms with Crippen LogP contribution in [0.2, 0.25) is 0 Å². The molecule has 1 amide bonds. The average Bonchev–Trinajstić information content (AvgIpc) is 3.27. The van der Waals surface area contributed by atoms with E-state index in [-0.39, 0.29) is 23.9 Å². The van der Waals surface area contributed by atoms with Crippen molar-refractivity contribution >= 4 is 29.3 Å². The van der Waals surface area contributed by atoms with E-state index >= 15 is 0 Å². The van der Waals surface area contributed by atoms with Gasteiger partial charge < -0.3 is 10.6 Å². The van der Waals surface area contributed by atoms with E-state index in [4.69, 9.17) is 0 Å². The molecule has 0 saturated carbocycles. The van der Waals surface area contributed by atoms with Gasteiger partial charge in [0.15, 0.2) is 0 Å². The highest BCUT2D eigenvalue weighted by Gasteiger charge is 2.42. The molecule has 3 atom stereocenters. The average molecular weight is 398 g/mol. The molecular formula is C19H23N7OS. The zero-order valence-corrected chi connectivity index (χ0v) is 16.8. The Morgan fingerprint density at radius 3 is 2.79 bits per heavy atom. The number of aromatic nitrogens is 5. The Balaban J connectivity index is 1.73. The van der Waals surface area contributed by atoms with Gasteiger partial charge in [-0.15, -0.1) is 5.10 Å². The highest BCUT2D eigenvalue weighted by Crippen LogP contribution is 2.37. The lowest BCUT2D eigenvalue weighted by molar-refractivity contribution is -0.121. The fraction of sp³-hybridized carbons (Fsp3) is 0.368. The van der Waals surface area contributed by atoms with Crippen LogP contribution in [0.5, 0.6) is 0 Å². The molecule has 3 heterocycles. The van der Waals surface area contributed by atoms with Gasteiger partial charge in [-0.1, -0.05) is 36.9 Å². The van der Waals surface area contributed by atoms with E-state index in [1.54, 1.807) is 22.6 Å². The number of carbonyl (C=O) groups is 1. The van der Waals surface area contributed by atoms with Crippen LogP contribution in [0.4, 0.5) is 11.6 Å². The molecule has 0 fully saturated rings. The Labute approximate surface area is 167 Å². The molecular weight excluding hydrogens is 374 g/mol. The predicted octanol–water partition coefficient (Wildman–Crippen LogP) is 2.78. The number of anilines is 2. The number of nitrogens with one attached hydrogen (secondary N) is 2. The van der Waals surface area contributed by atoms with E-state index in [2.05, 4.69) is 32.7 Å². The Hall–Kier alpha value is -2.81. The van der Waals surface area contributed by atoms with Gasteiger partial charge in [-0.25, -0.2) is 4.68 Å². The molecule has 8 nitrogen and oxygen atoms in total. The second kappa shape index (κ2) is 7.67. The third-order valence-corrected chi connectivity index (χ3v) is 5.51. The summed E-state index contributed by atoms with van der Waals surface area (Å²) in [5.41, 5.74) is 1.71. The van der Waals surface area contributed by atoms with Crippen molar-refractivity contribution in [2.24, 2.45) is 13.0 Å². The largest absolute Gasteiger partial charge is 0.351 e. The van der Waals surface area contributed by atoms with Crippen LogP contribution in [-0.4, -0.2) is 42.2 Å². The van der Waals surface area contributed by atoms with E-state index in [1.807, 2.05) is 55.2 Å². The highest BCUT2D eigenvalue weighted by atomic mass is 32.2. The van der Waals surface area contributed by atoms with Crippen LogP contribution < -0.4 is 10.6 Å². The minimum atomic E-state index is -0.377. The highest BCUT2D eigenvalue weighted by molar-refractivity contribution is 7.99. The molecule has 2 N–H and O–H groups in total. The summed E-state index contributed by atoms with van der Waals surface area (Å²) >= 11 is 1.58. The third-order valence-electron chi connectivity index (χ3n) is 4.79. The number of amides is 1. The zero-order valence-electron chi connectivity index (χ0n) is 16.0. The molecule has 9 heteroatoms. The van der Waals surface area contributed by atoms with E-state index in [9.17, 15) is 4.79 Å². The van der Waals surface area contributed by atoms with Gasteiger partial charge in [-0.3, -0.25) is 9.48 Å². The second-order valence-electron chi connectivity index (χ2n) is 6.80. The molecule has 146 valence electrons. The monoisotopic (exact) mass is 397 g/mol. The van der Waals surface area contributed by atoms with Crippen LogP contribution in [0.3, 0.4) is 0 Å². The standard InChI is InChI=1S/C19H23N7OS/c1-4-28-19-23-18-21-12(2)15(17(27)22-14-8-6-5-7-9-14)16(26(18)24-19)13-10-20-25(3)11-13/h5-12,15-16H,4H2,1-3H3,(H,22,27)(H,21,23,24)/t12-,15-,16+/m1/s1. The van der Waals surface area contributed by atoms with Crippen molar-refractivity contribution < 1.29 is 4.79 Å². The van der Waals surface area contributed by atoms with Gasteiger partial charge in [0, 0.05) is 30.5 Å². The SMILES string of the molecule is CCSc1nc2n(n1)[C@@H](c1cnn(C)c1)[C@H](C(=O)Nc1ccccc1)[C@@H](C)N2. The number of rotatable bonds is 5.